The van der Waals surface area contributed by atoms with E-state index in [0.29, 0.717) is 34.1 Å². The van der Waals surface area contributed by atoms with Gasteiger partial charge in [0.15, 0.2) is 0 Å². The van der Waals surface area contributed by atoms with Crippen LogP contribution in [0.15, 0.2) is 42.5 Å². The Labute approximate surface area is 231 Å². The summed E-state index contributed by atoms with van der Waals surface area (Å²) >= 11 is 12.3. The lowest BCUT2D eigenvalue weighted by molar-refractivity contribution is -0.135. The molecular weight excluding hydrogens is 507 g/mol. The smallest absolute Gasteiger partial charge is 0.308 e. The van der Waals surface area contributed by atoms with Gasteiger partial charge in [-0.05, 0) is 86.5 Å². The van der Waals surface area contributed by atoms with Crippen molar-refractivity contribution < 1.29 is 14.3 Å². The fraction of sp³-hybridized carbons (Fsp3) is 0.533. The van der Waals surface area contributed by atoms with Crippen molar-refractivity contribution in [3.05, 3.63) is 63.6 Å². The summed E-state index contributed by atoms with van der Waals surface area (Å²) in [7, 11) is 2.19. The first-order valence-electron chi connectivity index (χ1n) is 13.3. The number of ether oxygens (including phenoxy) is 1. The van der Waals surface area contributed by atoms with Gasteiger partial charge in [-0.2, -0.15) is 0 Å². The van der Waals surface area contributed by atoms with Crippen LogP contribution in [-0.2, 0) is 21.4 Å². The van der Waals surface area contributed by atoms with Gasteiger partial charge in [0.1, 0.15) is 5.75 Å². The van der Waals surface area contributed by atoms with Crippen molar-refractivity contribution in [3.63, 3.8) is 0 Å². The summed E-state index contributed by atoms with van der Waals surface area (Å²) < 4.78 is 5.46. The first-order valence-corrected chi connectivity index (χ1v) is 14.0. The first-order chi connectivity index (χ1) is 17.6. The number of carbonyl (C=O) groups is 2. The van der Waals surface area contributed by atoms with Crippen molar-refractivity contribution in [1.82, 2.24) is 9.80 Å². The molecule has 37 heavy (non-hydrogen) atoms. The maximum atomic E-state index is 13.8. The molecule has 2 aromatic rings. The SMILES string of the molecule is CC(=O)Oc1cccc(C23CCN(C)CC2CCC(N(CC(C)C)C(=O)Cc2ccc(Cl)c(Cl)c2)C3)c1. The standard InChI is InChI=1S/C30H38Cl2N2O3/c1-20(2)18-34(29(36)15-22-8-11-27(31)28(32)14-22)25-10-9-24-19-33(4)13-12-30(24,17-25)23-6-5-7-26(16-23)37-21(3)35/h5-8,11,14,16,20,24-25H,9-10,12-13,15,17-19H2,1-4H3. The Hall–Kier alpha value is -2.08. The molecule has 1 amide bonds. The number of carbonyl (C=O) groups excluding carboxylic acids is 2. The topological polar surface area (TPSA) is 49.9 Å². The normalized spacial score (nSPS) is 24.0. The minimum Gasteiger partial charge on any atom is -0.427 e. The van der Waals surface area contributed by atoms with Crippen LogP contribution in [-0.4, -0.2) is 54.4 Å². The van der Waals surface area contributed by atoms with Crippen LogP contribution >= 0.6 is 23.2 Å². The van der Waals surface area contributed by atoms with Gasteiger partial charge in [0.25, 0.3) is 0 Å². The lowest BCUT2D eigenvalue weighted by atomic mass is 9.57. The van der Waals surface area contributed by atoms with E-state index in [4.69, 9.17) is 27.9 Å². The quantitative estimate of drug-likeness (QED) is 0.299. The summed E-state index contributed by atoms with van der Waals surface area (Å²) in [6, 6.07) is 13.6. The van der Waals surface area contributed by atoms with E-state index in [1.807, 2.05) is 24.3 Å². The molecule has 1 aliphatic carbocycles. The molecule has 1 aliphatic heterocycles. The highest BCUT2D eigenvalue weighted by atomic mass is 35.5. The highest BCUT2D eigenvalue weighted by Crippen LogP contribution is 2.50. The summed E-state index contributed by atoms with van der Waals surface area (Å²) in [6.45, 7) is 8.52. The van der Waals surface area contributed by atoms with Gasteiger partial charge in [0.2, 0.25) is 5.91 Å². The number of fused-ring (bicyclic) bond motifs is 1. The summed E-state index contributed by atoms with van der Waals surface area (Å²) in [5.74, 6) is 1.26. The van der Waals surface area contributed by atoms with E-state index in [0.717, 1.165) is 50.9 Å². The lowest BCUT2D eigenvalue weighted by Gasteiger charge is -2.54. The zero-order valence-electron chi connectivity index (χ0n) is 22.3. The minimum absolute atomic E-state index is 0.0648. The third-order valence-corrected chi connectivity index (χ3v) is 8.77. The first kappa shape index (κ1) is 27.9. The van der Waals surface area contributed by atoms with Gasteiger partial charge in [-0.3, -0.25) is 9.59 Å². The number of nitrogens with zero attached hydrogens (tertiary/aromatic N) is 2. The van der Waals surface area contributed by atoms with Crippen LogP contribution in [0.4, 0.5) is 0 Å². The minimum atomic E-state index is -0.313. The molecule has 4 rings (SSSR count). The number of benzene rings is 2. The second-order valence-corrected chi connectivity index (χ2v) is 12.1. The van der Waals surface area contributed by atoms with Crippen LogP contribution < -0.4 is 4.74 Å². The van der Waals surface area contributed by atoms with Crippen molar-refractivity contribution in [2.75, 3.05) is 26.7 Å². The Morgan fingerprint density at radius 2 is 1.92 bits per heavy atom. The van der Waals surface area contributed by atoms with Crippen molar-refractivity contribution in [3.8, 4) is 5.75 Å². The molecule has 1 saturated heterocycles. The van der Waals surface area contributed by atoms with E-state index >= 15 is 0 Å². The number of hydrogen-bond acceptors (Lipinski definition) is 4. The molecular formula is C30H38Cl2N2O3. The molecule has 0 bridgehead atoms. The van der Waals surface area contributed by atoms with Gasteiger partial charge < -0.3 is 14.5 Å². The Balaban J connectivity index is 1.64. The zero-order chi connectivity index (χ0) is 26.7. The van der Waals surface area contributed by atoms with Gasteiger partial charge >= 0.3 is 5.97 Å². The zero-order valence-corrected chi connectivity index (χ0v) is 23.8. The molecule has 3 unspecified atom stereocenters. The molecule has 0 N–H and O–H groups in total. The highest BCUT2D eigenvalue weighted by Gasteiger charge is 2.49. The van der Waals surface area contributed by atoms with Gasteiger partial charge in [-0.1, -0.05) is 55.2 Å². The Morgan fingerprint density at radius 1 is 1.14 bits per heavy atom. The summed E-state index contributed by atoms with van der Waals surface area (Å²) in [4.78, 5) is 29.9. The Morgan fingerprint density at radius 3 is 2.62 bits per heavy atom. The molecule has 0 radical (unpaired) electrons. The number of halogens is 2. The number of likely N-dealkylation sites (tertiary alicyclic amines) is 1. The Bertz CT molecular complexity index is 1140. The van der Waals surface area contributed by atoms with Gasteiger partial charge in [-0.15, -0.1) is 0 Å². The molecule has 7 heteroatoms. The number of rotatable bonds is 7. The summed E-state index contributed by atoms with van der Waals surface area (Å²) in [6.07, 6.45) is 4.28. The second kappa shape index (κ2) is 11.8. The van der Waals surface area contributed by atoms with Crippen LogP contribution in [0.2, 0.25) is 10.0 Å². The third kappa shape index (κ3) is 6.50. The molecule has 3 atom stereocenters. The average molecular weight is 546 g/mol. The van der Waals surface area contributed by atoms with Crippen molar-refractivity contribution in [1.29, 1.82) is 0 Å². The van der Waals surface area contributed by atoms with E-state index in [1.165, 1.54) is 12.5 Å². The maximum absolute atomic E-state index is 13.8. The number of hydrogen-bond donors (Lipinski definition) is 0. The van der Waals surface area contributed by atoms with Gasteiger partial charge in [0, 0.05) is 31.5 Å². The lowest BCUT2D eigenvalue weighted by Crippen LogP contribution is -2.56. The Kier molecular flexibility index (Phi) is 8.88. The predicted octanol–water partition coefficient (Wildman–Crippen LogP) is 6.39. The van der Waals surface area contributed by atoms with Crippen LogP contribution in [0.3, 0.4) is 0 Å². The van der Waals surface area contributed by atoms with Crippen LogP contribution in [0.1, 0.15) is 57.6 Å². The molecule has 1 saturated carbocycles. The second-order valence-electron chi connectivity index (χ2n) is 11.3. The van der Waals surface area contributed by atoms with Crippen molar-refractivity contribution in [2.45, 2.75) is 64.3 Å². The predicted molar refractivity (Wildman–Crippen MR) is 149 cm³/mol. The van der Waals surface area contributed by atoms with Crippen molar-refractivity contribution >= 4 is 35.1 Å². The van der Waals surface area contributed by atoms with Crippen LogP contribution in [0, 0.1) is 11.8 Å². The number of esters is 1. The molecule has 2 aliphatic rings. The van der Waals surface area contributed by atoms with Crippen LogP contribution in [0.25, 0.3) is 0 Å². The van der Waals surface area contributed by atoms with E-state index in [9.17, 15) is 9.59 Å². The molecule has 1 heterocycles. The summed E-state index contributed by atoms with van der Waals surface area (Å²) in [5, 5.41) is 0.969. The number of amides is 1. The van der Waals surface area contributed by atoms with E-state index in [1.54, 1.807) is 12.1 Å². The van der Waals surface area contributed by atoms with E-state index in [2.05, 4.69) is 36.8 Å². The van der Waals surface area contributed by atoms with Gasteiger partial charge in [0.05, 0.1) is 16.5 Å². The molecule has 2 fully saturated rings. The monoisotopic (exact) mass is 544 g/mol. The van der Waals surface area contributed by atoms with Crippen molar-refractivity contribution in [2.24, 2.45) is 11.8 Å². The fourth-order valence-electron chi connectivity index (χ4n) is 6.36. The number of piperidine rings is 1. The van der Waals surface area contributed by atoms with Gasteiger partial charge in [-0.25, -0.2) is 0 Å². The molecule has 0 aromatic heterocycles. The average Bonchev–Trinajstić information content (AvgIpc) is 2.84. The van der Waals surface area contributed by atoms with E-state index < -0.39 is 0 Å². The maximum Gasteiger partial charge on any atom is 0.308 e. The van der Waals surface area contributed by atoms with E-state index in [-0.39, 0.29) is 23.3 Å². The van der Waals surface area contributed by atoms with Crippen LogP contribution in [0.5, 0.6) is 5.75 Å². The fourth-order valence-corrected chi connectivity index (χ4v) is 6.68. The third-order valence-electron chi connectivity index (χ3n) is 8.03. The highest BCUT2D eigenvalue weighted by molar-refractivity contribution is 6.42. The molecule has 2 aromatic carbocycles. The molecule has 200 valence electrons. The molecule has 5 nitrogen and oxygen atoms in total. The largest absolute Gasteiger partial charge is 0.427 e. The molecule has 0 spiro atoms. The summed E-state index contributed by atoms with van der Waals surface area (Å²) in [5.41, 5.74) is 2.03.